The van der Waals surface area contributed by atoms with Crippen molar-refractivity contribution in [2.24, 2.45) is 5.92 Å². The lowest BCUT2D eigenvalue weighted by molar-refractivity contribution is -0.128. The highest BCUT2D eigenvalue weighted by Gasteiger charge is 2.41. The van der Waals surface area contributed by atoms with Gasteiger partial charge in [0.2, 0.25) is 5.91 Å². The molecule has 0 bridgehead atoms. The van der Waals surface area contributed by atoms with E-state index in [4.69, 9.17) is 4.74 Å². The maximum Gasteiger partial charge on any atom is 0.229 e. The Morgan fingerprint density at radius 3 is 2.49 bits per heavy atom. The molecular weight excluding hydrogens is 565 g/mol. The van der Waals surface area contributed by atoms with Crippen molar-refractivity contribution in [2.45, 2.75) is 97.2 Å². The van der Waals surface area contributed by atoms with Gasteiger partial charge in [-0.3, -0.25) is 14.6 Å². The van der Waals surface area contributed by atoms with Crippen LogP contribution in [0.3, 0.4) is 0 Å². The average Bonchev–Trinajstić information content (AvgIpc) is 3.44. The Hall–Kier alpha value is -3.10. The van der Waals surface area contributed by atoms with Crippen molar-refractivity contribution < 1.29 is 19.0 Å². The van der Waals surface area contributed by atoms with Crippen LogP contribution < -0.4 is 5.32 Å². The first kappa shape index (κ1) is 33.3. The number of carbonyl (C=O) groups excluding carboxylic acids is 1. The lowest BCUT2D eigenvalue weighted by Crippen LogP contribution is -2.45. The summed E-state index contributed by atoms with van der Waals surface area (Å²) in [4.78, 5) is 18.4. The highest BCUT2D eigenvalue weighted by molar-refractivity contribution is 5.93. The predicted molar refractivity (Wildman–Crippen MR) is 178 cm³/mol. The van der Waals surface area contributed by atoms with Gasteiger partial charge in [0.05, 0.1) is 12.0 Å². The molecule has 5 unspecified atom stereocenters. The second kappa shape index (κ2) is 14.1. The lowest BCUT2D eigenvalue weighted by atomic mass is 9.82. The van der Waals surface area contributed by atoms with Gasteiger partial charge in [0.15, 0.2) is 0 Å². The molecule has 3 aromatic rings. The number of hydrogen-bond donors (Lipinski definition) is 2. The van der Waals surface area contributed by atoms with E-state index in [9.17, 15) is 9.90 Å². The van der Waals surface area contributed by atoms with Crippen LogP contribution in [0.5, 0.6) is 0 Å². The van der Waals surface area contributed by atoms with E-state index in [1.54, 1.807) is 6.07 Å². The molecule has 1 amide bonds. The van der Waals surface area contributed by atoms with E-state index in [1.165, 1.54) is 11.6 Å². The molecule has 0 radical (unpaired) electrons. The summed E-state index contributed by atoms with van der Waals surface area (Å²) >= 11 is 0. The van der Waals surface area contributed by atoms with Crippen LogP contribution in [0.2, 0.25) is 0 Å². The predicted octanol–water partition coefficient (Wildman–Crippen LogP) is 7.51. The molecule has 5 rings (SSSR count). The summed E-state index contributed by atoms with van der Waals surface area (Å²) in [7, 11) is 0. The molecule has 5 atom stereocenters. The third-order valence-electron chi connectivity index (χ3n) is 9.76. The minimum Gasteiger partial charge on any atom is -0.377 e. The van der Waals surface area contributed by atoms with Crippen LogP contribution >= 0.6 is 0 Å². The summed E-state index contributed by atoms with van der Waals surface area (Å²) in [5.41, 5.74) is 4.93. The number of amides is 1. The molecule has 0 saturated carbocycles. The number of anilines is 1. The number of aliphatic hydroxyl groups excluding tert-OH is 1. The first-order valence-electron chi connectivity index (χ1n) is 16.5. The van der Waals surface area contributed by atoms with Crippen LogP contribution in [-0.4, -0.2) is 52.7 Å². The van der Waals surface area contributed by atoms with Gasteiger partial charge in [-0.15, -0.1) is 0 Å². The van der Waals surface area contributed by atoms with Crippen molar-refractivity contribution >= 4 is 11.6 Å². The summed E-state index contributed by atoms with van der Waals surface area (Å²) in [5.74, 6) is -0.968. The Bertz CT molecular complexity index is 1430. The number of aryl methyl sites for hydroxylation is 1. The highest BCUT2D eigenvalue weighted by Crippen LogP contribution is 2.42. The molecule has 0 spiro atoms. The first-order chi connectivity index (χ1) is 21.5. The Labute approximate surface area is 268 Å². The smallest absolute Gasteiger partial charge is 0.229 e. The standard InChI is InChI=1S/C38H50FN3O3/c1-7-41(33-20-22-45-26(33)3)24-27-16-18-28(19-17-27)35-31(36(43)40-30-13-9-12-29(23-30)38(4,5)6)14-10-21-42(35)37(44)34-25(2)11-8-15-32(34)39/h8-9,11-13,15-19,23,26,31,33,35,37,44H,7,10,14,20-22,24H2,1-6H3,(H,40,43). The van der Waals surface area contributed by atoms with E-state index in [1.807, 2.05) is 36.1 Å². The summed E-state index contributed by atoms with van der Waals surface area (Å²) in [5, 5.41) is 14.9. The van der Waals surface area contributed by atoms with Crippen LogP contribution in [-0.2, 0) is 21.5 Å². The van der Waals surface area contributed by atoms with Gasteiger partial charge in [-0.05, 0) is 85.5 Å². The summed E-state index contributed by atoms with van der Waals surface area (Å²) in [6, 6.07) is 21.3. The normalized spacial score (nSPS) is 23.3. The Morgan fingerprint density at radius 2 is 1.84 bits per heavy atom. The van der Waals surface area contributed by atoms with Gasteiger partial charge in [-0.1, -0.05) is 76.2 Å². The van der Waals surface area contributed by atoms with Crippen molar-refractivity contribution in [3.8, 4) is 0 Å². The second-order valence-electron chi connectivity index (χ2n) is 13.8. The van der Waals surface area contributed by atoms with Crippen LogP contribution in [0.1, 0.15) is 94.0 Å². The van der Waals surface area contributed by atoms with E-state index in [0.29, 0.717) is 31.0 Å². The van der Waals surface area contributed by atoms with Crippen molar-refractivity contribution in [1.82, 2.24) is 9.80 Å². The molecule has 45 heavy (non-hydrogen) atoms. The molecular formula is C38H50FN3O3. The minimum atomic E-state index is -1.19. The van der Waals surface area contributed by atoms with Crippen LogP contribution in [0, 0.1) is 18.7 Å². The maximum absolute atomic E-state index is 15.1. The molecule has 7 heteroatoms. The fourth-order valence-corrected chi connectivity index (χ4v) is 7.15. The lowest BCUT2D eigenvalue weighted by Gasteiger charge is -2.43. The molecule has 2 aliphatic heterocycles. The second-order valence-corrected chi connectivity index (χ2v) is 13.8. The topological polar surface area (TPSA) is 65.0 Å². The zero-order chi connectivity index (χ0) is 32.3. The average molecular weight is 616 g/mol. The summed E-state index contributed by atoms with van der Waals surface area (Å²) < 4.78 is 21.0. The zero-order valence-electron chi connectivity index (χ0n) is 27.7. The zero-order valence-corrected chi connectivity index (χ0v) is 27.7. The molecule has 2 N–H and O–H groups in total. The fourth-order valence-electron chi connectivity index (χ4n) is 7.15. The number of halogens is 1. The molecule has 2 saturated heterocycles. The number of rotatable bonds is 9. The van der Waals surface area contributed by atoms with Crippen molar-refractivity contribution in [2.75, 3.05) is 25.0 Å². The Kier molecular flexibility index (Phi) is 10.4. The molecule has 2 fully saturated rings. The van der Waals surface area contributed by atoms with Gasteiger partial charge >= 0.3 is 0 Å². The number of benzene rings is 3. The van der Waals surface area contributed by atoms with Gasteiger partial charge in [-0.25, -0.2) is 4.39 Å². The Balaban J connectivity index is 1.46. The van der Waals surface area contributed by atoms with Crippen molar-refractivity contribution in [3.05, 3.63) is 100 Å². The van der Waals surface area contributed by atoms with Gasteiger partial charge in [0.25, 0.3) is 0 Å². The molecule has 0 aromatic heterocycles. The number of likely N-dealkylation sites (N-methyl/N-ethyl adjacent to an activating group) is 1. The fraction of sp³-hybridized carbons (Fsp3) is 0.500. The van der Waals surface area contributed by atoms with E-state index in [0.717, 1.165) is 42.9 Å². The summed E-state index contributed by atoms with van der Waals surface area (Å²) in [6.07, 6.45) is 1.45. The number of nitrogens with zero attached hydrogens (tertiary/aromatic N) is 2. The maximum atomic E-state index is 15.1. The molecule has 3 aromatic carbocycles. The van der Waals surface area contributed by atoms with Crippen molar-refractivity contribution in [3.63, 3.8) is 0 Å². The number of ether oxygens (including phenoxy) is 1. The largest absolute Gasteiger partial charge is 0.377 e. The van der Waals surface area contributed by atoms with E-state index in [2.05, 4.69) is 75.2 Å². The first-order valence-corrected chi connectivity index (χ1v) is 16.5. The number of aliphatic hydroxyl groups is 1. The molecule has 2 heterocycles. The van der Waals surface area contributed by atoms with Crippen LogP contribution in [0.4, 0.5) is 10.1 Å². The number of hydrogen-bond acceptors (Lipinski definition) is 5. The number of likely N-dealkylation sites (tertiary alicyclic amines) is 1. The van der Waals surface area contributed by atoms with Gasteiger partial charge < -0.3 is 15.2 Å². The molecule has 2 aliphatic rings. The van der Waals surface area contributed by atoms with Crippen molar-refractivity contribution in [1.29, 1.82) is 0 Å². The SMILES string of the molecule is CCN(Cc1ccc(C2C(C(=O)Nc3cccc(C(C)(C)C)c3)CCCN2C(O)c2c(C)cccc2F)cc1)C1CCOC1C. The van der Waals surface area contributed by atoms with E-state index < -0.39 is 24.0 Å². The highest BCUT2D eigenvalue weighted by atomic mass is 19.1. The van der Waals surface area contributed by atoms with Gasteiger partial charge in [0, 0.05) is 43.0 Å². The molecule has 0 aliphatic carbocycles. The van der Waals surface area contributed by atoms with Gasteiger partial charge in [-0.2, -0.15) is 0 Å². The Morgan fingerprint density at radius 1 is 1.11 bits per heavy atom. The quantitative estimate of drug-likeness (QED) is 0.261. The molecule has 242 valence electrons. The molecule has 6 nitrogen and oxygen atoms in total. The number of carbonyl (C=O) groups is 1. The third-order valence-corrected chi connectivity index (χ3v) is 9.76. The van der Waals surface area contributed by atoms with Crippen LogP contribution in [0.15, 0.2) is 66.7 Å². The minimum absolute atomic E-state index is 0.0510. The third kappa shape index (κ3) is 7.49. The summed E-state index contributed by atoms with van der Waals surface area (Å²) in [6.45, 7) is 15.7. The van der Waals surface area contributed by atoms with Gasteiger partial charge in [0.1, 0.15) is 12.0 Å². The number of piperidine rings is 1. The van der Waals surface area contributed by atoms with E-state index >= 15 is 4.39 Å². The number of nitrogens with one attached hydrogen (secondary N) is 1. The van der Waals surface area contributed by atoms with Crippen LogP contribution in [0.25, 0.3) is 0 Å². The van der Waals surface area contributed by atoms with E-state index in [-0.39, 0.29) is 23.0 Å². The monoisotopic (exact) mass is 615 g/mol.